The summed E-state index contributed by atoms with van der Waals surface area (Å²) in [5, 5.41) is 21.4. The molecule has 5 heteroatoms. The molecule has 0 spiro atoms. The van der Waals surface area contributed by atoms with E-state index < -0.39 is 4.92 Å². The molecule has 0 aliphatic heterocycles. The van der Waals surface area contributed by atoms with Gasteiger partial charge in [-0.3, -0.25) is 10.1 Å². The van der Waals surface area contributed by atoms with Gasteiger partial charge in [-0.05, 0) is 17.7 Å². The van der Waals surface area contributed by atoms with Crippen molar-refractivity contribution >= 4 is 28.2 Å². The Balaban J connectivity index is 2.14. The van der Waals surface area contributed by atoms with Gasteiger partial charge in [0.15, 0.2) is 0 Å². The van der Waals surface area contributed by atoms with Crippen LogP contribution in [0.25, 0.3) is 22.6 Å². The van der Waals surface area contributed by atoms with Crippen molar-refractivity contribution in [3.8, 4) is 18.4 Å². The normalized spacial score (nSPS) is 11.0. The summed E-state index contributed by atoms with van der Waals surface area (Å²) in [6.45, 7) is 0.424. The van der Waals surface area contributed by atoms with E-state index >= 15 is 0 Å². The van der Waals surface area contributed by atoms with E-state index in [2.05, 4.69) is 12.0 Å². The van der Waals surface area contributed by atoms with E-state index in [-0.39, 0.29) is 5.69 Å². The number of nitriles is 1. The third-order valence-electron chi connectivity index (χ3n) is 3.87. The van der Waals surface area contributed by atoms with E-state index in [0.29, 0.717) is 17.7 Å². The fourth-order valence-electron chi connectivity index (χ4n) is 2.74. The predicted octanol–water partition coefficient (Wildman–Crippen LogP) is 4.25. The first-order valence-electron chi connectivity index (χ1n) is 7.52. The summed E-state index contributed by atoms with van der Waals surface area (Å²) in [4.78, 5) is 10.5. The van der Waals surface area contributed by atoms with Crippen molar-refractivity contribution in [2.24, 2.45) is 0 Å². The molecule has 0 bridgehead atoms. The van der Waals surface area contributed by atoms with Crippen LogP contribution in [0.4, 0.5) is 5.69 Å². The topological polar surface area (TPSA) is 71.9 Å². The van der Waals surface area contributed by atoms with Gasteiger partial charge in [-0.15, -0.1) is 6.42 Å². The molecule has 25 heavy (non-hydrogen) atoms. The zero-order valence-corrected chi connectivity index (χ0v) is 13.2. The van der Waals surface area contributed by atoms with Gasteiger partial charge >= 0.3 is 0 Å². The first-order chi connectivity index (χ1) is 12.1. The smallest absolute Gasteiger partial charge is 0.270 e. The summed E-state index contributed by atoms with van der Waals surface area (Å²) >= 11 is 0. The summed E-state index contributed by atoms with van der Waals surface area (Å²) in [6, 6.07) is 15.9. The molecule has 0 saturated heterocycles. The number of fused-ring (bicyclic) bond motifs is 1. The molecule has 2 aromatic carbocycles. The minimum Gasteiger partial charge on any atom is -0.335 e. The summed E-state index contributed by atoms with van der Waals surface area (Å²) in [5.41, 5.74) is 2.63. The zero-order chi connectivity index (χ0) is 17.8. The number of rotatable bonds is 4. The molecule has 0 N–H and O–H groups in total. The van der Waals surface area contributed by atoms with E-state index in [1.165, 1.54) is 12.1 Å². The first-order valence-corrected chi connectivity index (χ1v) is 7.52. The van der Waals surface area contributed by atoms with Gasteiger partial charge in [-0.1, -0.05) is 36.3 Å². The number of nitrogens with zero attached hydrogens (tertiary/aromatic N) is 3. The molecule has 0 aliphatic rings. The lowest BCUT2D eigenvalue weighted by atomic mass is 10.0. The molecule has 5 nitrogen and oxygen atoms in total. The standard InChI is InChI=1S/C20H13N3O2/c1-2-10-22-14-17(19-8-3-4-9-20(19)22)11-16(13-21)15-6-5-7-18(12-15)23(24)25/h1,3-9,11-12,14H,10H2/b16-11-. The molecular formula is C20H13N3O2. The number of non-ortho nitro benzene ring substituents is 1. The maximum Gasteiger partial charge on any atom is 0.270 e. The highest BCUT2D eigenvalue weighted by Crippen LogP contribution is 2.27. The molecule has 0 fully saturated rings. The number of allylic oxidation sites excluding steroid dienone is 1. The Morgan fingerprint density at radius 2 is 2.08 bits per heavy atom. The van der Waals surface area contributed by atoms with E-state index in [9.17, 15) is 15.4 Å². The molecule has 1 aromatic heterocycles. The Kier molecular flexibility index (Phi) is 4.32. The van der Waals surface area contributed by atoms with Crippen LogP contribution in [0.3, 0.4) is 0 Å². The van der Waals surface area contributed by atoms with E-state index in [1.807, 2.05) is 35.0 Å². The number of hydrogen-bond donors (Lipinski definition) is 0. The van der Waals surface area contributed by atoms with Crippen molar-refractivity contribution in [2.45, 2.75) is 6.54 Å². The Hall–Kier alpha value is -3.83. The maximum absolute atomic E-state index is 11.0. The van der Waals surface area contributed by atoms with Crippen molar-refractivity contribution in [1.29, 1.82) is 5.26 Å². The van der Waals surface area contributed by atoms with Crippen LogP contribution < -0.4 is 0 Å². The van der Waals surface area contributed by atoms with Gasteiger partial charge in [0.1, 0.15) is 0 Å². The fraction of sp³-hybridized carbons (Fsp3) is 0.0500. The predicted molar refractivity (Wildman–Crippen MR) is 97.4 cm³/mol. The lowest BCUT2D eigenvalue weighted by Gasteiger charge is -1.99. The number of nitro groups is 1. The van der Waals surface area contributed by atoms with Crippen LogP contribution in [0, 0.1) is 33.8 Å². The van der Waals surface area contributed by atoms with E-state index in [0.717, 1.165) is 16.5 Å². The molecule has 120 valence electrons. The number of terminal acetylenes is 1. The Bertz CT molecular complexity index is 1080. The van der Waals surface area contributed by atoms with Gasteiger partial charge in [0.05, 0.1) is 23.1 Å². The average Bonchev–Trinajstić information content (AvgIpc) is 2.98. The van der Waals surface area contributed by atoms with Crippen LogP contribution in [0.5, 0.6) is 0 Å². The maximum atomic E-state index is 11.0. The molecule has 3 aromatic rings. The minimum absolute atomic E-state index is 0.0478. The van der Waals surface area contributed by atoms with Crippen molar-refractivity contribution in [2.75, 3.05) is 0 Å². The fourth-order valence-corrected chi connectivity index (χ4v) is 2.74. The van der Waals surface area contributed by atoms with Crippen molar-refractivity contribution in [3.05, 3.63) is 76.0 Å². The van der Waals surface area contributed by atoms with E-state index in [1.54, 1.807) is 18.2 Å². The number of hydrogen-bond acceptors (Lipinski definition) is 3. The van der Waals surface area contributed by atoms with Crippen molar-refractivity contribution in [1.82, 2.24) is 4.57 Å². The SMILES string of the molecule is C#CCn1cc(/C=C(/C#N)c2cccc([N+](=O)[O-])c2)c2ccccc21. The van der Waals surface area contributed by atoms with Crippen LogP contribution in [0.15, 0.2) is 54.7 Å². The van der Waals surface area contributed by atoms with Gasteiger partial charge in [0, 0.05) is 34.8 Å². The molecular weight excluding hydrogens is 314 g/mol. The lowest BCUT2D eigenvalue weighted by Crippen LogP contribution is -1.91. The van der Waals surface area contributed by atoms with E-state index in [4.69, 9.17) is 6.42 Å². The third-order valence-corrected chi connectivity index (χ3v) is 3.87. The molecule has 0 saturated carbocycles. The van der Waals surface area contributed by atoms with Gasteiger partial charge in [-0.2, -0.15) is 5.26 Å². The minimum atomic E-state index is -0.475. The molecule has 0 unspecified atom stereocenters. The largest absolute Gasteiger partial charge is 0.335 e. The summed E-state index contributed by atoms with van der Waals surface area (Å²) in [5.74, 6) is 2.61. The molecule has 0 atom stereocenters. The number of nitro benzene ring substituents is 1. The van der Waals surface area contributed by atoms with Crippen LogP contribution >= 0.6 is 0 Å². The lowest BCUT2D eigenvalue weighted by molar-refractivity contribution is -0.384. The van der Waals surface area contributed by atoms with Gasteiger partial charge in [0.25, 0.3) is 5.69 Å². The quantitative estimate of drug-likeness (QED) is 0.311. The van der Waals surface area contributed by atoms with Gasteiger partial charge in [0.2, 0.25) is 0 Å². The van der Waals surface area contributed by atoms with Gasteiger partial charge in [-0.25, -0.2) is 0 Å². The number of aromatic nitrogens is 1. The monoisotopic (exact) mass is 327 g/mol. The molecule has 0 amide bonds. The van der Waals surface area contributed by atoms with Crippen LogP contribution in [-0.2, 0) is 6.54 Å². The number of para-hydroxylation sites is 1. The zero-order valence-electron chi connectivity index (χ0n) is 13.2. The second kappa shape index (κ2) is 6.74. The highest BCUT2D eigenvalue weighted by atomic mass is 16.6. The Morgan fingerprint density at radius 1 is 1.28 bits per heavy atom. The van der Waals surface area contributed by atoms with Crippen molar-refractivity contribution < 1.29 is 4.92 Å². The van der Waals surface area contributed by atoms with Crippen LogP contribution in [0.2, 0.25) is 0 Å². The summed E-state index contributed by atoms with van der Waals surface area (Å²) in [6.07, 6.45) is 9.04. The second-order valence-corrected chi connectivity index (χ2v) is 5.41. The number of benzene rings is 2. The molecule has 0 radical (unpaired) electrons. The summed E-state index contributed by atoms with van der Waals surface area (Å²) < 4.78 is 1.93. The Morgan fingerprint density at radius 3 is 2.80 bits per heavy atom. The molecule has 3 rings (SSSR count). The highest BCUT2D eigenvalue weighted by molar-refractivity contribution is 5.98. The molecule has 0 aliphatic carbocycles. The second-order valence-electron chi connectivity index (χ2n) is 5.41. The van der Waals surface area contributed by atoms with Crippen LogP contribution in [0.1, 0.15) is 11.1 Å². The average molecular weight is 327 g/mol. The third kappa shape index (κ3) is 3.12. The van der Waals surface area contributed by atoms with Gasteiger partial charge < -0.3 is 4.57 Å². The highest BCUT2D eigenvalue weighted by Gasteiger charge is 2.11. The first kappa shape index (κ1) is 16.0. The van der Waals surface area contributed by atoms with Crippen molar-refractivity contribution in [3.63, 3.8) is 0 Å². The Labute approximate surface area is 144 Å². The molecule has 1 heterocycles. The summed E-state index contributed by atoms with van der Waals surface area (Å²) in [7, 11) is 0. The van der Waals surface area contributed by atoms with Crippen LogP contribution in [-0.4, -0.2) is 9.49 Å².